The Bertz CT molecular complexity index is 858. The first-order valence-electron chi connectivity index (χ1n) is 6.51. The van der Waals surface area contributed by atoms with Gasteiger partial charge in [-0.15, -0.1) is 11.3 Å². The van der Waals surface area contributed by atoms with Gasteiger partial charge in [-0.3, -0.25) is 9.20 Å². The molecule has 1 N–H and O–H groups in total. The van der Waals surface area contributed by atoms with Crippen LogP contribution in [0, 0.1) is 13.8 Å². The zero-order valence-electron chi connectivity index (χ0n) is 11.7. The Kier molecular flexibility index (Phi) is 3.35. The van der Waals surface area contributed by atoms with E-state index < -0.39 is 0 Å². The summed E-state index contributed by atoms with van der Waals surface area (Å²) in [5.74, 6) is -0.0576. The molecule has 2 heterocycles. The molecule has 0 aliphatic heterocycles. The van der Waals surface area contributed by atoms with Crippen molar-refractivity contribution in [1.82, 2.24) is 9.38 Å². The molecule has 0 fully saturated rings. The van der Waals surface area contributed by atoms with Gasteiger partial charge in [-0.1, -0.05) is 12.1 Å². The van der Waals surface area contributed by atoms with Crippen LogP contribution in [0.25, 0.3) is 11.0 Å². The largest absolute Gasteiger partial charge is 0.508 e. The molecule has 5 heteroatoms. The molecule has 0 spiro atoms. The van der Waals surface area contributed by atoms with Crippen LogP contribution in [-0.2, 0) is 0 Å². The molecular weight excluding hydrogens is 284 g/mol. The highest BCUT2D eigenvalue weighted by Crippen LogP contribution is 2.22. The Labute approximate surface area is 126 Å². The number of carbonyl (C=O) groups excluding carboxylic acids is 1. The molecule has 0 saturated carbocycles. The van der Waals surface area contributed by atoms with Gasteiger partial charge in [0.05, 0.1) is 11.4 Å². The molecule has 2 aromatic heterocycles. The molecule has 1 aromatic carbocycles. The maximum Gasteiger partial charge on any atom is 0.194 e. The van der Waals surface area contributed by atoms with Crippen molar-refractivity contribution < 1.29 is 9.90 Å². The van der Waals surface area contributed by atoms with Crippen LogP contribution in [0.3, 0.4) is 0 Å². The topological polar surface area (TPSA) is 54.6 Å². The molecule has 0 radical (unpaired) electrons. The number of aromatic hydroxyl groups is 1. The van der Waals surface area contributed by atoms with Crippen LogP contribution in [0.2, 0.25) is 0 Å². The number of hydrogen-bond acceptors (Lipinski definition) is 4. The highest BCUT2D eigenvalue weighted by Gasteiger charge is 2.09. The Morgan fingerprint density at radius 1 is 1.38 bits per heavy atom. The summed E-state index contributed by atoms with van der Waals surface area (Å²) in [7, 11) is 0. The third-order valence-electron chi connectivity index (χ3n) is 3.19. The lowest BCUT2D eigenvalue weighted by molar-refractivity contribution is 0.104. The van der Waals surface area contributed by atoms with Gasteiger partial charge in [0.2, 0.25) is 0 Å². The number of aromatic nitrogens is 2. The van der Waals surface area contributed by atoms with Gasteiger partial charge in [0.25, 0.3) is 0 Å². The minimum atomic E-state index is -0.146. The van der Waals surface area contributed by atoms with E-state index in [2.05, 4.69) is 4.98 Å². The lowest BCUT2D eigenvalue weighted by atomic mass is 10.1. The normalized spacial score (nSPS) is 11.5. The number of rotatable bonds is 3. The van der Waals surface area contributed by atoms with Crippen LogP contribution in [0.15, 0.2) is 36.5 Å². The first-order chi connectivity index (χ1) is 10.0. The van der Waals surface area contributed by atoms with Crippen molar-refractivity contribution in [3.63, 3.8) is 0 Å². The van der Waals surface area contributed by atoms with E-state index >= 15 is 0 Å². The van der Waals surface area contributed by atoms with Gasteiger partial charge in [0.15, 0.2) is 10.7 Å². The van der Waals surface area contributed by atoms with Gasteiger partial charge >= 0.3 is 0 Å². The van der Waals surface area contributed by atoms with Crippen molar-refractivity contribution >= 4 is 28.2 Å². The lowest BCUT2D eigenvalue weighted by Gasteiger charge is -1.97. The molecule has 3 aromatic rings. The van der Waals surface area contributed by atoms with Crippen LogP contribution in [0.1, 0.15) is 26.6 Å². The molecule has 0 bridgehead atoms. The van der Waals surface area contributed by atoms with E-state index in [1.165, 1.54) is 17.0 Å². The number of carbonyl (C=O) groups is 1. The van der Waals surface area contributed by atoms with Gasteiger partial charge in [0.1, 0.15) is 5.75 Å². The van der Waals surface area contributed by atoms with Crippen LogP contribution in [0.5, 0.6) is 5.75 Å². The third-order valence-corrected chi connectivity index (χ3v) is 4.08. The molecule has 0 unspecified atom stereocenters. The SMILES string of the molecule is Cc1cn2c(C=CC(=O)c3cccc(O)c3)c(C)nc2s1. The number of imidazole rings is 1. The minimum absolute atomic E-state index is 0.0885. The molecule has 4 nitrogen and oxygen atoms in total. The first kappa shape index (κ1) is 13.6. The van der Waals surface area contributed by atoms with E-state index in [1.807, 2.05) is 24.4 Å². The quantitative estimate of drug-likeness (QED) is 0.593. The van der Waals surface area contributed by atoms with Crippen LogP contribution < -0.4 is 0 Å². The zero-order chi connectivity index (χ0) is 15.0. The lowest BCUT2D eigenvalue weighted by Crippen LogP contribution is -1.94. The first-order valence-corrected chi connectivity index (χ1v) is 7.33. The Morgan fingerprint density at radius 2 is 2.19 bits per heavy atom. The maximum atomic E-state index is 12.1. The summed E-state index contributed by atoms with van der Waals surface area (Å²) in [6.07, 6.45) is 5.30. The number of nitrogens with zero attached hydrogens (tertiary/aromatic N) is 2. The number of phenols is 1. The highest BCUT2D eigenvalue weighted by molar-refractivity contribution is 7.17. The fraction of sp³-hybridized carbons (Fsp3) is 0.125. The summed E-state index contributed by atoms with van der Waals surface area (Å²) in [6.45, 7) is 3.95. The standard InChI is InChI=1S/C16H14N2O2S/c1-10-9-18-14(11(2)17-16(18)21-10)6-7-15(20)12-4-3-5-13(19)8-12/h3-9,19H,1-2H3. The van der Waals surface area contributed by atoms with E-state index in [4.69, 9.17) is 0 Å². The summed E-state index contributed by atoms with van der Waals surface area (Å²) < 4.78 is 1.99. The van der Waals surface area contributed by atoms with Crippen molar-refractivity contribution in [1.29, 1.82) is 0 Å². The van der Waals surface area contributed by atoms with Gasteiger partial charge in [0, 0.05) is 16.6 Å². The van der Waals surface area contributed by atoms with Crippen molar-refractivity contribution in [2.24, 2.45) is 0 Å². The van der Waals surface area contributed by atoms with Crippen molar-refractivity contribution in [2.75, 3.05) is 0 Å². The van der Waals surface area contributed by atoms with E-state index in [9.17, 15) is 9.90 Å². The smallest absolute Gasteiger partial charge is 0.194 e. The second-order valence-corrected chi connectivity index (χ2v) is 6.04. The number of benzene rings is 1. The molecule has 0 saturated heterocycles. The fourth-order valence-electron chi connectivity index (χ4n) is 2.19. The van der Waals surface area contributed by atoms with Gasteiger partial charge in [-0.2, -0.15) is 0 Å². The van der Waals surface area contributed by atoms with E-state index in [0.29, 0.717) is 5.56 Å². The molecular formula is C16H14N2O2S. The predicted molar refractivity (Wildman–Crippen MR) is 84.0 cm³/mol. The van der Waals surface area contributed by atoms with Crippen LogP contribution in [-0.4, -0.2) is 20.3 Å². The third kappa shape index (κ3) is 2.60. The molecule has 0 amide bonds. The van der Waals surface area contributed by atoms with Crippen molar-refractivity contribution in [3.05, 3.63) is 58.4 Å². The van der Waals surface area contributed by atoms with E-state index in [-0.39, 0.29) is 11.5 Å². The van der Waals surface area contributed by atoms with Crippen molar-refractivity contribution in [2.45, 2.75) is 13.8 Å². The highest BCUT2D eigenvalue weighted by atomic mass is 32.1. The predicted octanol–water partition coefficient (Wildman–Crippen LogP) is 3.61. The summed E-state index contributed by atoms with van der Waals surface area (Å²) in [6, 6.07) is 6.33. The van der Waals surface area contributed by atoms with Crippen molar-refractivity contribution in [3.8, 4) is 5.75 Å². The summed E-state index contributed by atoms with van der Waals surface area (Å²) in [5.41, 5.74) is 2.26. The number of hydrogen-bond donors (Lipinski definition) is 1. The molecule has 0 aliphatic rings. The number of phenolic OH excluding ortho intramolecular Hbond substituents is 1. The van der Waals surface area contributed by atoms with Crippen LogP contribution >= 0.6 is 11.3 Å². The Hall–Kier alpha value is -2.40. The maximum absolute atomic E-state index is 12.1. The van der Waals surface area contributed by atoms with E-state index in [1.54, 1.807) is 35.6 Å². The van der Waals surface area contributed by atoms with Gasteiger partial charge < -0.3 is 5.11 Å². The fourth-order valence-corrected chi connectivity index (χ4v) is 3.07. The van der Waals surface area contributed by atoms with E-state index in [0.717, 1.165) is 16.3 Å². The Balaban J connectivity index is 1.94. The molecule has 0 atom stereocenters. The van der Waals surface area contributed by atoms with Gasteiger partial charge in [-0.05, 0) is 38.1 Å². The average molecular weight is 298 g/mol. The second-order valence-electron chi connectivity index (χ2n) is 4.82. The number of ketones is 1. The number of thiazole rings is 1. The monoisotopic (exact) mass is 298 g/mol. The number of allylic oxidation sites excluding steroid dienone is 1. The Morgan fingerprint density at radius 3 is 2.95 bits per heavy atom. The zero-order valence-corrected chi connectivity index (χ0v) is 12.5. The second kappa shape index (κ2) is 5.18. The summed E-state index contributed by atoms with van der Waals surface area (Å²) in [5, 5.41) is 9.41. The molecule has 0 aliphatic carbocycles. The number of aryl methyl sites for hydroxylation is 2. The van der Waals surface area contributed by atoms with Crippen LogP contribution in [0.4, 0.5) is 0 Å². The minimum Gasteiger partial charge on any atom is -0.508 e. The summed E-state index contributed by atoms with van der Waals surface area (Å²) >= 11 is 1.62. The average Bonchev–Trinajstić information content (AvgIpc) is 2.91. The van der Waals surface area contributed by atoms with Gasteiger partial charge in [-0.25, -0.2) is 4.98 Å². The number of fused-ring (bicyclic) bond motifs is 1. The summed E-state index contributed by atoms with van der Waals surface area (Å²) in [4.78, 5) is 18.7. The molecule has 106 valence electrons. The molecule has 3 rings (SSSR count). The molecule has 21 heavy (non-hydrogen) atoms.